The zero-order valence-electron chi connectivity index (χ0n) is 12.2. The number of aliphatic hydroxyl groups is 2. The van der Waals surface area contributed by atoms with Gasteiger partial charge in [0.25, 0.3) is 0 Å². The van der Waals surface area contributed by atoms with Gasteiger partial charge in [0.15, 0.2) is 0 Å². The van der Waals surface area contributed by atoms with Gasteiger partial charge < -0.3 is 10.2 Å². The van der Waals surface area contributed by atoms with E-state index in [1.165, 1.54) is 25.7 Å². The Morgan fingerprint density at radius 1 is 0.944 bits per heavy atom. The van der Waals surface area contributed by atoms with Gasteiger partial charge in [0, 0.05) is 0 Å². The molecule has 0 aromatic heterocycles. The van der Waals surface area contributed by atoms with Gasteiger partial charge >= 0.3 is 0 Å². The van der Waals surface area contributed by atoms with Gasteiger partial charge in [-0.25, -0.2) is 0 Å². The van der Waals surface area contributed by atoms with Crippen molar-refractivity contribution in [3.63, 3.8) is 0 Å². The number of rotatable bonds is 0. The van der Waals surface area contributed by atoms with E-state index in [2.05, 4.69) is 6.92 Å². The van der Waals surface area contributed by atoms with Gasteiger partial charge in [0.05, 0.1) is 12.2 Å². The Hall–Kier alpha value is -0.0800. The Kier molecular flexibility index (Phi) is 4.38. The lowest BCUT2D eigenvalue weighted by atomic mass is 9.55. The minimum Gasteiger partial charge on any atom is -0.393 e. The highest BCUT2D eigenvalue weighted by atomic mass is 16.3. The van der Waals surface area contributed by atoms with Gasteiger partial charge in [0.1, 0.15) is 0 Å². The molecule has 0 aliphatic heterocycles. The first-order chi connectivity index (χ1) is 8.63. The number of fused-ring (bicyclic) bond motifs is 3. The SMILES string of the molecule is CC.C[C@]12CCC3CCC[C@H](O)C3C1CC[C@@H]2O. The van der Waals surface area contributed by atoms with Gasteiger partial charge in [0.2, 0.25) is 0 Å². The van der Waals surface area contributed by atoms with Gasteiger partial charge in [-0.3, -0.25) is 0 Å². The molecule has 0 aromatic carbocycles. The van der Waals surface area contributed by atoms with Crippen molar-refractivity contribution in [2.45, 2.75) is 77.9 Å². The third-order valence-electron chi connectivity index (χ3n) is 5.94. The fourth-order valence-electron chi connectivity index (χ4n) is 4.95. The number of hydrogen-bond donors (Lipinski definition) is 2. The van der Waals surface area contributed by atoms with Crippen molar-refractivity contribution >= 4 is 0 Å². The van der Waals surface area contributed by atoms with Crippen LogP contribution in [0.25, 0.3) is 0 Å². The molecule has 2 nitrogen and oxygen atoms in total. The normalized spacial score (nSPS) is 50.8. The monoisotopic (exact) mass is 254 g/mol. The maximum Gasteiger partial charge on any atom is 0.0596 e. The van der Waals surface area contributed by atoms with Crippen LogP contribution in [-0.4, -0.2) is 22.4 Å². The Bertz CT molecular complexity index is 278. The highest BCUT2D eigenvalue weighted by Gasteiger charge is 2.55. The van der Waals surface area contributed by atoms with Gasteiger partial charge in [-0.15, -0.1) is 0 Å². The predicted octanol–water partition coefficient (Wildman–Crippen LogP) is 3.36. The maximum absolute atomic E-state index is 10.3. The van der Waals surface area contributed by atoms with E-state index < -0.39 is 0 Å². The Morgan fingerprint density at radius 2 is 1.67 bits per heavy atom. The molecule has 2 heteroatoms. The second kappa shape index (κ2) is 5.50. The summed E-state index contributed by atoms with van der Waals surface area (Å²) in [5, 5.41) is 20.4. The summed E-state index contributed by atoms with van der Waals surface area (Å²) < 4.78 is 0. The summed E-state index contributed by atoms with van der Waals surface area (Å²) in [5.74, 6) is 1.81. The molecule has 0 bridgehead atoms. The second-order valence-corrected chi connectivity index (χ2v) is 6.58. The smallest absolute Gasteiger partial charge is 0.0596 e. The molecule has 3 rings (SSSR count). The molecule has 0 radical (unpaired) electrons. The van der Waals surface area contributed by atoms with Gasteiger partial charge in [-0.1, -0.05) is 27.2 Å². The van der Waals surface area contributed by atoms with E-state index in [0.717, 1.165) is 25.2 Å². The van der Waals surface area contributed by atoms with E-state index in [9.17, 15) is 10.2 Å². The van der Waals surface area contributed by atoms with Crippen LogP contribution in [0.2, 0.25) is 0 Å². The molecule has 106 valence electrons. The minimum absolute atomic E-state index is 0.0892. The number of hydrogen-bond acceptors (Lipinski definition) is 2. The Labute approximate surface area is 112 Å². The van der Waals surface area contributed by atoms with E-state index in [0.29, 0.717) is 11.8 Å². The summed E-state index contributed by atoms with van der Waals surface area (Å²) in [6, 6.07) is 0. The van der Waals surface area contributed by atoms with Crippen LogP contribution in [-0.2, 0) is 0 Å². The van der Waals surface area contributed by atoms with Crippen molar-refractivity contribution in [2.24, 2.45) is 23.2 Å². The first kappa shape index (κ1) is 14.3. The van der Waals surface area contributed by atoms with Crippen molar-refractivity contribution < 1.29 is 10.2 Å². The highest BCUT2D eigenvalue weighted by Crippen LogP contribution is 2.59. The summed E-state index contributed by atoms with van der Waals surface area (Å²) in [6.07, 6.45) is 7.79. The maximum atomic E-state index is 10.3. The molecule has 3 aliphatic carbocycles. The molecule has 3 unspecified atom stereocenters. The lowest BCUT2D eigenvalue weighted by Crippen LogP contribution is -2.49. The van der Waals surface area contributed by atoms with Crippen LogP contribution in [0.1, 0.15) is 65.7 Å². The van der Waals surface area contributed by atoms with Crippen molar-refractivity contribution in [1.29, 1.82) is 0 Å². The molecular weight excluding hydrogens is 224 g/mol. The standard InChI is InChI=1S/C14H24O2.C2H6/c1-14-8-7-9-3-2-4-11(15)13(9)10(14)5-6-12(14)16;1-2/h9-13,15-16H,2-8H2,1H3;1-2H3/t9?,10?,11-,12-,13?,14-;/m0./s1. The van der Waals surface area contributed by atoms with Crippen molar-refractivity contribution in [1.82, 2.24) is 0 Å². The van der Waals surface area contributed by atoms with E-state index >= 15 is 0 Å². The summed E-state index contributed by atoms with van der Waals surface area (Å²) in [4.78, 5) is 0. The summed E-state index contributed by atoms with van der Waals surface area (Å²) in [5.41, 5.74) is 0.111. The quantitative estimate of drug-likeness (QED) is 0.696. The first-order valence-corrected chi connectivity index (χ1v) is 7.99. The van der Waals surface area contributed by atoms with Gasteiger partial charge in [-0.05, 0) is 61.7 Å². The van der Waals surface area contributed by atoms with Crippen LogP contribution in [0.4, 0.5) is 0 Å². The van der Waals surface area contributed by atoms with Crippen LogP contribution in [0, 0.1) is 23.2 Å². The largest absolute Gasteiger partial charge is 0.393 e. The summed E-state index contributed by atoms with van der Waals surface area (Å²) in [6.45, 7) is 6.26. The molecule has 3 aliphatic rings. The predicted molar refractivity (Wildman–Crippen MR) is 74.3 cm³/mol. The first-order valence-electron chi connectivity index (χ1n) is 7.99. The van der Waals surface area contributed by atoms with Crippen LogP contribution in [0.3, 0.4) is 0 Å². The summed E-state index contributed by atoms with van der Waals surface area (Å²) >= 11 is 0. The van der Waals surface area contributed by atoms with Crippen molar-refractivity contribution in [3.8, 4) is 0 Å². The van der Waals surface area contributed by atoms with Crippen LogP contribution < -0.4 is 0 Å². The minimum atomic E-state index is -0.118. The molecule has 2 N–H and O–H groups in total. The third kappa shape index (κ3) is 2.12. The van der Waals surface area contributed by atoms with E-state index in [1.54, 1.807) is 0 Å². The average molecular weight is 254 g/mol. The zero-order valence-corrected chi connectivity index (χ0v) is 12.2. The fraction of sp³-hybridized carbons (Fsp3) is 1.00. The van der Waals surface area contributed by atoms with E-state index in [-0.39, 0.29) is 17.6 Å². The molecule has 0 spiro atoms. The summed E-state index contributed by atoms with van der Waals surface area (Å²) in [7, 11) is 0. The van der Waals surface area contributed by atoms with Crippen molar-refractivity contribution in [2.75, 3.05) is 0 Å². The van der Waals surface area contributed by atoms with Crippen LogP contribution in [0.5, 0.6) is 0 Å². The molecule has 6 atom stereocenters. The Balaban J connectivity index is 0.000000574. The molecular formula is C16H30O2. The number of aliphatic hydroxyl groups excluding tert-OH is 2. The van der Waals surface area contributed by atoms with Crippen molar-refractivity contribution in [3.05, 3.63) is 0 Å². The molecule has 18 heavy (non-hydrogen) atoms. The molecule has 0 heterocycles. The molecule has 3 saturated carbocycles. The zero-order chi connectivity index (χ0) is 13.3. The van der Waals surface area contributed by atoms with E-state index in [4.69, 9.17) is 0 Å². The molecule has 3 fully saturated rings. The second-order valence-electron chi connectivity index (χ2n) is 6.58. The topological polar surface area (TPSA) is 40.5 Å². The molecule has 0 saturated heterocycles. The molecule has 0 aromatic rings. The molecule has 0 amide bonds. The lowest BCUT2D eigenvalue weighted by Gasteiger charge is -2.51. The van der Waals surface area contributed by atoms with Gasteiger partial charge in [-0.2, -0.15) is 0 Å². The van der Waals surface area contributed by atoms with Crippen LogP contribution >= 0.6 is 0 Å². The average Bonchev–Trinajstić information content (AvgIpc) is 2.69. The van der Waals surface area contributed by atoms with Crippen LogP contribution in [0.15, 0.2) is 0 Å². The fourth-order valence-corrected chi connectivity index (χ4v) is 4.95. The highest BCUT2D eigenvalue weighted by molar-refractivity contribution is 5.05. The third-order valence-corrected chi connectivity index (χ3v) is 5.94. The lowest BCUT2D eigenvalue weighted by molar-refractivity contribution is -0.0927. The van der Waals surface area contributed by atoms with E-state index in [1.807, 2.05) is 13.8 Å². The Morgan fingerprint density at radius 3 is 2.39 bits per heavy atom.